The lowest BCUT2D eigenvalue weighted by atomic mass is 10.2. The highest BCUT2D eigenvalue weighted by Crippen LogP contribution is 2.22. The molecule has 0 saturated carbocycles. The third-order valence-corrected chi connectivity index (χ3v) is 5.13. The van der Waals surface area contributed by atoms with Gasteiger partial charge in [-0.25, -0.2) is 4.79 Å². The summed E-state index contributed by atoms with van der Waals surface area (Å²) in [6.45, 7) is 4.21. The highest BCUT2D eigenvalue weighted by atomic mass is 79.9. The van der Waals surface area contributed by atoms with Crippen LogP contribution in [0.15, 0.2) is 43.2 Å². The molecule has 2 rings (SSSR count). The van der Waals surface area contributed by atoms with Crippen molar-refractivity contribution >= 4 is 39.3 Å². The van der Waals surface area contributed by atoms with Crippen LogP contribution in [0.1, 0.15) is 24.2 Å². The summed E-state index contributed by atoms with van der Waals surface area (Å²) >= 11 is 4.67. The van der Waals surface area contributed by atoms with Crippen molar-refractivity contribution in [2.45, 2.75) is 25.3 Å². The van der Waals surface area contributed by atoms with Gasteiger partial charge in [-0.1, -0.05) is 29.8 Å². The van der Waals surface area contributed by atoms with E-state index in [0.29, 0.717) is 6.54 Å². The molecule has 0 bridgehead atoms. The molecule has 0 amide bonds. The maximum absolute atomic E-state index is 12.6. The van der Waals surface area contributed by atoms with Crippen molar-refractivity contribution in [2.24, 2.45) is 13.0 Å². The van der Waals surface area contributed by atoms with Crippen LogP contribution in [0.25, 0.3) is 0 Å². The predicted octanol–water partition coefficient (Wildman–Crippen LogP) is 2.52. The van der Waals surface area contributed by atoms with Crippen molar-refractivity contribution in [1.82, 2.24) is 9.13 Å². The van der Waals surface area contributed by atoms with Gasteiger partial charge in [0, 0.05) is 23.0 Å². The van der Waals surface area contributed by atoms with Crippen molar-refractivity contribution < 1.29 is 4.79 Å². The average Bonchev–Trinajstić information content (AvgIpc) is 2.56. The van der Waals surface area contributed by atoms with Gasteiger partial charge in [0.25, 0.3) is 5.56 Å². The van der Waals surface area contributed by atoms with Crippen LogP contribution in [0.2, 0.25) is 0 Å². The molecule has 0 atom stereocenters. The Bertz CT molecular complexity index is 901. The molecule has 0 saturated heterocycles. The monoisotopic (exact) mass is 425 g/mol. The summed E-state index contributed by atoms with van der Waals surface area (Å²) < 4.78 is 3.18. The van der Waals surface area contributed by atoms with Crippen LogP contribution in [0.4, 0.5) is 5.82 Å². The second kappa shape index (κ2) is 8.05. The summed E-state index contributed by atoms with van der Waals surface area (Å²) in [6, 6.07) is 7.51. The number of thioether (sulfide) groups is 1. The van der Waals surface area contributed by atoms with Crippen LogP contribution in [0, 0.1) is 5.92 Å². The Morgan fingerprint density at radius 3 is 2.40 bits per heavy atom. The lowest BCUT2D eigenvalue weighted by molar-refractivity contribution is 0.102. The molecule has 2 aromatic rings. The molecule has 0 spiro atoms. The number of nitrogen functional groups attached to an aromatic ring is 1. The molecule has 0 radical (unpaired) electrons. The molecule has 0 fully saturated rings. The molecule has 0 aliphatic rings. The van der Waals surface area contributed by atoms with E-state index in [2.05, 4.69) is 15.9 Å². The van der Waals surface area contributed by atoms with Crippen LogP contribution in [0.3, 0.4) is 0 Å². The van der Waals surface area contributed by atoms with Gasteiger partial charge in [0.15, 0.2) is 5.78 Å². The van der Waals surface area contributed by atoms with Crippen LogP contribution in [-0.4, -0.2) is 20.7 Å². The van der Waals surface area contributed by atoms with Gasteiger partial charge in [-0.3, -0.25) is 18.7 Å². The smallest absolute Gasteiger partial charge is 0.332 e. The second-order valence-electron chi connectivity index (χ2n) is 6.08. The number of aromatic nitrogens is 2. The van der Waals surface area contributed by atoms with E-state index in [1.165, 1.54) is 23.4 Å². The van der Waals surface area contributed by atoms with Gasteiger partial charge in [-0.05, 0) is 30.2 Å². The fraction of sp³-hybridized carbons (Fsp3) is 0.353. The van der Waals surface area contributed by atoms with Crippen LogP contribution in [-0.2, 0) is 13.6 Å². The van der Waals surface area contributed by atoms with E-state index in [1.54, 1.807) is 0 Å². The third-order valence-electron chi connectivity index (χ3n) is 3.59. The minimum Gasteiger partial charge on any atom is -0.384 e. The summed E-state index contributed by atoms with van der Waals surface area (Å²) in [7, 11) is 1.36. The summed E-state index contributed by atoms with van der Waals surface area (Å²) in [5.41, 5.74) is 4.73. The molecule has 25 heavy (non-hydrogen) atoms. The van der Waals surface area contributed by atoms with E-state index in [-0.39, 0.29) is 28.8 Å². The second-order valence-corrected chi connectivity index (χ2v) is 8.04. The van der Waals surface area contributed by atoms with E-state index in [4.69, 9.17) is 5.73 Å². The number of rotatable bonds is 6. The molecular formula is C17H20BrN3O3S. The first-order chi connectivity index (χ1) is 11.7. The highest BCUT2D eigenvalue weighted by molar-refractivity contribution is 9.10. The zero-order chi connectivity index (χ0) is 18.7. The number of anilines is 1. The highest BCUT2D eigenvalue weighted by Gasteiger charge is 2.21. The minimum atomic E-state index is -0.649. The maximum Gasteiger partial charge on any atom is 0.332 e. The van der Waals surface area contributed by atoms with Crippen LogP contribution in [0.5, 0.6) is 0 Å². The molecule has 6 nitrogen and oxygen atoms in total. The van der Waals surface area contributed by atoms with Crippen molar-refractivity contribution in [1.29, 1.82) is 0 Å². The van der Waals surface area contributed by atoms with E-state index in [1.807, 2.05) is 38.1 Å². The Morgan fingerprint density at radius 1 is 1.24 bits per heavy atom. The lowest BCUT2D eigenvalue weighted by Crippen LogP contribution is -2.43. The number of carbonyl (C=O) groups is 1. The largest absolute Gasteiger partial charge is 0.384 e. The molecule has 0 aliphatic carbocycles. The van der Waals surface area contributed by atoms with Crippen molar-refractivity contribution in [3.05, 3.63) is 55.1 Å². The zero-order valence-electron chi connectivity index (χ0n) is 14.3. The number of nitrogens with zero attached hydrogens (tertiary/aromatic N) is 2. The van der Waals surface area contributed by atoms with Gasteiger partial charge in [-0.2, -0.15) is 0 Å². The van der Waals surface area contributed by atoms with Crippen molar-refractivity contribution in [3.8, 4) is 0 Å². The topological polar surface area (TPSA) is 87.1 Å². The molecule has 2 N–H and O–H groups in total. The quantitative estimate of drug-likeness (QED) is 0.567. The summed E-state index contributed by atoms with van der Waals surface area (Å²) in [5.74, 6) is -0.217. The normalized spacial score (nSPS) is 11.1. The molecule has 0 aliphatic heterocycles. The molecular weight excluding hydrogens is 406 g/mol. The SMILES string of the molecule is CC(C)Cn1c(N)c(C(=O)CSc2ccc(Br)cc2)c(=O)n(C)c1=O. The van der Waals surface area contributed by atoms with Crippen LogP contribution < -0.4 is 17.0 Å². The molecule has 134 valence electrons. The first kappa shape index (κ1) is 19.5. The summed E-state index contributed by atoms with van der Waals surface area (Å²) in [4.78, 5) is 38.1. The first-order valence-electron chi connectivity index (χ1n) is 7.73. The molecule has 1 aromatic heterocycles. The standard InChI is InChI=1S/C17H20BrN3O3S/c1-10(2)8-21-15(19)14(16(23)20(3)17(21)24)13(22)9-25-12-6-4-11(18)5-7-12/h4-7,10H,8-9,19H2,1-3H3. The number of halogens is 1. The first-order valence-corrected chi connectivity index (χ1v) is 9.51. The van der Waals surface area contributed by atoms with E-state index in [0.717, 1.165) is 13.9 Å². The number of nitrogens with two attached hydrogens (primary N) is 1. The van der Waals surface area contributed by atoms with Gasteiger partial charge in [-0.15, -0.1) is 11.8 Å². The molecule has 1 aromatic carbocycles. The summed E-state index contributed by atoms with van der Waals surface area (Å²) in [6.07, 6.45) is 0. The Kier molecular flexibility index (Phi) is 6.29. The Balaban J connectivity index is 2.35. The van der Waals surface area contributed by atoms with Crippen molar-refractivity contribution in [2.75, 3.05) is 11.5 Å². The van der Waals surface area contributed by atoms with Gasteiger partial charge in [0.05, 0.1) is 5.75 Å². The maximum atomic E-state index is 12.6. The lowest BCUT2D eigenvalue weighted by Gasteiger charge is -2.16. The number of Topliss-reactive ketones (excluding diaryl/α,β-unsaturated/α-hetero) is 1. The summed E-state index contributed by atoms with van der Waals surface area (Å²) in [5, 5.41) is 0. The zero-order valence-corrected chi connectivity index (χ0v) is 16.7. The Labute approximate surface area is 158 Å². The third kappa shape index (κ3) is 4.43. The predicted molar refractivity (Wildman–Crippen MR) is 104 cm³/mol. The van der Waals surface area contributed by atoms with Gasteiger partial charge < -0.3 is 5.73 Å². The average molecular weight is 426 g/mol. The fourth-order valence-corrected chi connectivity index (χ4v) is 3.37. The van der Waals surface area contributed by atoms with Crippen molar-refractivity contribution in [3.63, 3.8) is 0 Å². The molecule has 1 heterocycles. The van der Waals surface area contributed by atoms with E-state index >= 15 is 0 Å². The minimum absolute atomic E-state index is 0.0526. The number of carbonyl (C=O) groups excluding carboxylic acids is 1. The fourth-order valence-electron chi connectivity index (χ4n) is 2.34. The Morgan fingerprint density at radius 2 is 1.84 bits per heavy atom. The number of hydrogen-bond donors (Lipinski definition) is 1. The van der Waals surface area contributed by atoms with Crippen LogP contribution >= 0.6 is 27.7 Å². The number of hydrogen-bond acceptors (Lipinski definition) is 5. The Hall–Kier alpha value is -1.80. The van der Waals surface area contributed by atoms with E-state index < -0.39 is 11.2 Å². The number of ketones is 1. The van der Waals surface area contributed by atoms with Gasteiger partial charge in [0.2, 0.25) is 0 Å². The number of benzene rings is 1. The molecule has 8 heteroatoms. The van der Waals surface area contributed by atoms with Gasteiger partial charge >= 0.3 is 5.69 Å². The molecule has 0 unspecified atom stereocenters. The van der Waals surface area contributed by atoms with Gasteiger partial charge in [0.1, 0.15) is 11.4 Å². The van der Waals surface area contributed by atoms with E-state index in [9.17, 15) is 14.4 Å².